The summed E-state index contributed by atoms with van der Waals surface area (Å²) in [7, 11) is 0. The van der Waals surface area contributed by atoms with Crippen LogP contribution in [0.3, 0.4) is 0 Å². The SMILES string of the molecule is CCN(CCCCCC(=O)c1cc2c3c(c1)CCN3C(=O)CC2)C1Cc2ccccc2C1.Cl. The number of fused-ring (bicyclic) bond motifs is 1. The quantitative estimate of drug-likeness (QED) is 0.378. The van der Waals surface area contributed by atoms with Crippen molar-refractivity contribution < 1.29 is 9.59 Å². The van der Waals surface area contributed by atoms with Gasteiger partial charge in [0.2, 0.25) is 5.91 Å². The van der Waals surface area contributed by atoms with Crippen LogP contribution in [-0.4, -0.2) is 42.3 Å². The average molecular weight is 467 g/mol. The molecule has 0 saturated carbocycles. The molecule has 0 saturated heterocycles. The molecule has 2 aliphatic heterocycles. The maximum Gasteiger partial charge on any atom is 0.227 e. The van der Waals surface area contributed by atoms with E-state index in [0.717, 1.165) is 63.0 Å². The van der Waals surface area contributed by atoms with Crippen LogP contribution < -0.4 is 4.90 Å². The topological polar surface area (TPSA) is 40.6 Å². The normalized spacial score (nSPS) is 16.7. The van der Waals surface area contributed by atoms with E-state index >= 15 is 0 Å². The molecule has 3 aliphatic rings. The van der Waals surface area contributed by atoms with Gasteiger partial charge in [-0.1, -0.05) is 37.6 Å². The number of carbonyl (C=O) groups is 2. The first-order chi connectivity index (χ1) is 15.6. The van der Waals surface area contributed by atoms with E-state index in [1.807, 2.05) is 4.90 Å². The number of Topliss-reactive ketones (excluding diaryl/α,β-unsaturated/α-hetero) is 1. The number of aryl methyl sites for hydroxylation is 1. The van der Waals surface area contributed by atoms with Crippen LogP contribution in [0.2, 0.25) is 0 Å². The molecule has 176 valence electrons. The van der Waals surface area contributed by atoms with E-state index in [2.05, 4.69) is 48.2 Å². The Balaban J connectivity index is 0.00000259. The number of anilines is 1. The molecule has 2 aromatic rings. The number of ketones is 1. The fourth-order valence-corrected chi connectivity index (χ4v) is 5.93. The highest BCUT2D eigenvalue weighted by Gasteiger charge is 2.32. The van der Waals surface area contributed by atoms with Crippen molar-refractivity contribution in [1.82, 2.24) is 4.90 Å². The summed E-state index contributed by atoms with van der Waals surface area (Å²) in [5, 5.41) is 0. The molecule has 0 fully saturated rings. The molecule has 0 aromatic heterocycles. The van der Waals surface area contributed by atoms with E-state index in [4.69, 9.17) is 0 Å². The molecule has 0 unspecified atom stereocenters. The lowest BCUT2D eigenvalue weighted by Crippen LogP contribution is -2.36. The molecule has 0 atom stereocenters. The Hall–Kier alpha value is -2.17. The Morgan fingerprint density at radius 1 is 0.970 bits per heavy atom. The third kappa shape index (κ3) is 4.88. The number of benzene rings is 2. The van der Waals surface area contributed by atoms with Crippen LogP contribution >= 0.6 is 12.4 Å². The van der Waals surface area contributed by atoms with Crippen LogP contribution in [-0.2, 0) is 30.5 Å². The zero-order valence-electron chi connectivity index (χ0n) is 19.6. The number of halogens is 1. The van der Waals surface area contributed by atoms with Crippen molar-refractivity contribution >= 4 is 29.8 Å². The first kappa shape index (κ1) is 24.0. The van der Waals surface area contributed by atoms with Crippen molar-refractivity contribution in [3.63, 3.8) is 0 Å². The largest absolute Gasteiger partial charge is 0.312 e. The van der Waals surface area contributed by atoms with E-state index in [-0.39, 0.29) is 24.1 Å². The van der Waals surface area contributed by atoms with Crippen LogP contribution in [0.1, 0.15) is 71.6 Å². The van der Waals surface area contributed by atoms with Gasteiger partial charge in [0.05, 0.1) is 5.69 Å². The van der Waals surface area contributed by atoms with Gasteiger partial charge in [0.1, 0.15) is 0 Å². The molecule has 1 aliphatic carbocycles. The Labute approximate surface area is 203 Å². The fraction of sp³-hybridized carbons (Fsp3) is 0.500. The van der Waals surface area contributed by atoms with Crippen molar-refractivity contribution in [2.24, 2.45) is 0 Å². The summed E-state index contributed by atoms with van der Waals surface area (Å²) in [6.07, 6.45) is 8.41. The summed E-state index contributed by atoms with van der Waals surface area (Å²) in [5.41, 5.74) is 7.37. The minimum Gasteiger partial charge on any atom is -0.312 e. The molecular formula is C28H35ClN2O2. The Morgan fingerprint density at radius 3 is 2.36 bits per heavy atom. The van der Waals surface area contributed by atoms with E-state index in [1.54, 1.807) is 0 Å². The van der Waals surface area contributed by atoms with Crippen LogP contribution in [0.25, 0.3) is 0 Å². The number of carbonyl (C=O) groups excluding carboxylic acids is 2. The number of hydrogen-bond acceptors (Lipinski definition) is 3. The minimum atomic E-state index is 0. The second-order valence-electron chi connectivity index (χ2n) is 9.63. The smallest absolute Gasteiger partial charge is 0.227 e. The lowest BCUT2D eigenvalue weighted by molar-refractivity contribution is -0.118. The molecule has 5 rings (SSSR count). The van der Waals surface area contributed by atoms with Crippen LogP contribution in [0.15, 0.2) is 36.4 Å². The molecule has 1 amide bonds. The second kappa shape index (κ2) is 10.4. The number of amides is 1. The van der Waals surface area contributed by atoms with Gasteiger partial charge in [-0.2, -0.15) is 0 Å². The van der Waals surface area contributed by atoms with Crippen LogP contribution in [0.4, 0.5) is 5.69 Å². The van der Waals surface area contributed by atoms with Gasteiger partial charge in [0.25, 0.3) is 0 Å². The molecule has 33 heavy (non-hydrogen) atoms. The van der Waals surface area contributed by atoms with Gasteiger partial charge in [-0.3, -0.25) is 9.59 Å². The summed E-state index contributed by atoms with van der Waals surface area (Å²) < 4.78 is 0. The molecule has 4 nitrogen and oxygen atoms in total. The summed E-state index contributed by atoms with van der Waals surface area (Å²) in [6.45, 7) is 5.26. The van der Waals surface area contributed by atoms with Gasteiger partial charge in [-0.05, 0) is 86.0 Å². The van der Waals surface area contributed by atoms with Crippen molar-refractivity contribution in [2.45, 2.75) is 70.8 Å². The fourth-order valence-electron chi connectivity index (χ4n) is 5.93. The van der Waals surface area contributed by atoms with Gasteiger partial charge in [0.15, 0.2) is 5.78 Å². The van der Waals surface area contributed by atoms with E-state index in [9.17, 15) is 9.59 Å². The Kier molecular flexibility index (Phi) is 7.55. The van der Waals surface area contributed by atoms with Crippen molar-refractivity contribution in [2.75, 3.05) is 24.5 Å². The molecule has 0 bridgehead atoms. The van der Waals surface area contributed by atoms with E-state index in [1.165, 1.54) is 35.1 Å². The van der Waals surface area contributed by atoms with Gasteiger partial charge in [0, 0.05) is 31.0 Å². The third-order valence-electron chi connectivity index (χ3n) is 7.67. The zero-order valence-corrected chi connectivity index (χ0v) is 20.5. The number of likely N-dealkylation sites (N-methyl/N-ethyl adjacent to an activating group) is 1. The summed E-state index contributed by atoms with van der Waals surface area (Å²) in [6, 6.07) is 13.6. The second-order valence-corrected chi connectivity index (χ2v) is 9.63. The minimum absolute atomic E-state index is 0. The van der Waals surface area contributed by atoms with E-state index < -0.39 is 0 Å². The highest BCUT2D eigenvalue weighted by molar-refractivity contribution is 6.02. The molecule has 2 heterocycles. The van der Waals surface area contributed by atoms with Crippen molar-refractivity contribution in [1.29, 1.82) is 0 Å². The predicted molar refractivity (Wildman–Crippen MR) is 136 cm³/mol. The molecule has 0 radical (unpaired) electrons. The van der Waals surface area contributed by atoms with Gasteiger partial charge in [-0.25, -0.2) is 0 Å². The maximum absolute atomic E-state index is 12.9. The Morgan fingerprint density at radius 2 is 1.67 bits per heavy atom. The molecular weight excluding hydrogens is 432 g/mol. The number of unbranched alkanes of at least 4 members (excludes halogenated alkanes) is 2. The summed E-state index contributed by atoms with van der Waals surface area (Å²) in [4.78, 5) is 29.5. The number of nitrogens with zero attached hydrogens (tertiary/aromatic N) is 2. The lowest BCUT2D eigenvalue weighted by Gasteiger charge is -2.27. The monoisotopic (exact) mass is 466 g/mol. The van der Waals surface area contributed by atoms with Crippen molar-refractivity contribution in [3.05, 3.63) is 64.2 Å². The number of hydrogen-bond donors (Lipinski definition) is 0. The highest BCUT2D eigenvalue weighted by atomic mass is 35.5. The average Bonchev–Trinajstić information content (AvgIpc) is 3.43. The molecule has 2 aromatic carbocycles. The summed E-state index contributed by atoms with van der Waals surface area (Å²) >= 11 is 0. The third-order valence-corrected chi connectivity index (χ3v) is 7.67. The summed E-state index contributed by atoms with van der Waals surface area (Å²) in [5.74, 6) is 0.496. The lowest BCUT2D eigenvalue weighted by atomic mass is 9.94. The highest BCUT2D eigenvalue weighted by Crippen LogP contribution is 2.37. The van der Waals surface area contributed by atoms with Gasteiger partial charge >= 0.3 is 0 Å². The van der Waals surface area contributed by atoms with Crippen molar-refractivity contribution in [3.8, 4) is 0 Å². The maximum atomic E-state index is 12.9. The zero-order chi connectivity index (χ0) is 22.1. The number of rotatable bonds is 9. The first-order valence-corrected chi connectivity index (χ1v) is 12.4. The first-order valence-electron chi connectivity index (χ1n) is 12.4. The standard InChI is InChI=1S/C28H34N2O2.ClH/c1-2-29(25-18-20-8-5-6-9-21(20)19-25)14-7-3-4-10-26(31)24-16-22-11-12-27(32)30-15-13-23(17-24)28(22)30;/h5-6,8-9,16-17,25H,2-4,7,10-15,18-19H2,1H3;1H. The molecule has 5 heteroatoms. The molecule has 0 N–H and O–H groups in total. The van der Waals surface area contributed by atoms with Crippen LogP contribution in [0.5, 0.6) is 0 Å². The van der Waals surface area contributed by atoms with E-state index in [0.29, 0.717) is 18.9 Å². The van der Waals surface area contributed by atoms with Crippen LogP contribution in [0, 0.1) is 0 Å². The molecule has 0 spiro atoms. The van der Waals surface area contributed by atoms with Gasteiger partial charge < -0.3 is 9.80 Å². The predicted octanol–water partition coefficient (Wildman–Crippen LogP) is 5.18. The van der Waals surface area contributed by atoms with Gasteiger partial charge in [-0.15, -0.1) is 12.4 Å². The Bertz CT molecular complexity index is 1010.